The van der Waals surface area contributed by atoms with Gasteiger partial charge in [0.05, 0.1) is 31.3 Å². The van der Waals surface area contributed by atoms with Crippen LogP contribution in [0.4, 0.5) is 0 Å². The zero-order valence-corrected chi connectivity index (χ0v) is 11.8. The van der Waals surface area contributed by atoms with Gasteiger partial charge < -0.3 is 19.7 Å². The number of hydrogen-bond acceptors (Lipinski definition) is 7. The molecule has 3 rings (SSSR count). The molecule has 1 aromatic heterocycles. The third-order valence-electron chi connectivity index (χ3n) is 4.04. The van der Waals surface area contributed by atoms with Crippen molar-refractivity contribution in [2.24, 2.45) is 5.73 Å². The van der Waals surface area contributed by atoms with Crippen LogP contribution in [0.25, 0.3) is 0 Å². The van der Waals surface area contributed by atoms with Gasteiger partial charge in [-0.1, -0.05) is 5.16 Å². The summed E-state index contributed by atoms with van der Waals surface area (Å²) in [6.45, 7) is 6.87. The molecule has 0 amide bonds. The third-order valence-corrected chi connectivity index (χ3v) is 4.04. The summed E-state index contributed by atoms with van der Waals surface area (Å²) < 4.78 is 16.2. The number of rotatable bonds is 4. The molecule has 0 spiro atoms. The van der Waals surface area contributed by atoms with Gasteiger partial charge in [-0.3, -0.25) is 4.90 Å². The average molecular weight is 282 g/mol. The molecule has 0 radical (unpaired) electrons. The van der Waals surface area contributed by atoms with Crippen molar-refractivity contribution in [1.82, 2.24) is 15.0 Å². The number of nitrogens with two attached hydrogens (primary N) is 1. The number of morpholine rings is 1. The molecule has 2 aliphatic heterocycles. The quantitative estimate of drug-likeness (QED) is 0.849. The van der Waals surface area contributed by atoms with Crippen LogP contribution >= 0.6 is 0 Å². The summed E-state index contributed by atoms with van der Waals surface area (Å²) >= 11 is 0. The predicted molar refractivity (Wildman–Crippen MR) is 71.3 cm³/mol. The minimum Gasteiger partial charge on any atom is -0.379 e. The first kappa shape index (κ1) is 13.9. The molecule has 3 atom stereocenters. The lowest BCUT2D eigenvalue weighted by Crippen LogP contribution is -2.40. The minimum absolute atomic E-state index is 0.138. The first-order valence-corrected chi connectivity index (χ1v) is 7.25. The van der Waals surface area contributed by atoms with E-state index in [4.69, 9.17) is 19.7 Å². The molecule has 0 aromatic carbocycles. The predicted octanol–water partition coefficient (Wildman–Crippen LogP) is 0.294. The van der Waals surface area contributed by atoms with Crippen LogP contribution in [0.3, 0.4) is 0 Å². The average Bonchev–Trinajstić information content (AvgIpc) is 3.08. The van der Waals surface area contributed by atoms with Gasteiger partial charge in [-0.25, -0.2) is 0 Å². The monoisotopic (exact) mass is 282 g/mol. The summed E-state index contributed by atoms with van der Waals surface area (Å²) in [5.41, 5.74) is 6.17. The van der Waals surface area contributed by atoms with Crippen molar-refractivity contribution in [3.63, 3.8) is 0 Å². The van der Waals surface area contributed by atoms with E-state index in [0.717, 1.165) is 45.9 Å². The van der Waals surface area contributed by atoms with Crippen molar-refractivity contribution in [3.05, 3.63) is 11.7 Å². The Hall–Kier alpha value is -1.02. The van der Waals surface area contributed by atoms with E-state index in [1.165, 1.54) is 0 Å². The van der Waals surface area contributed by atoms with Crippen LogP contribution < -0.4 is 5.73 Å². The second kappa shape index (κ2) is 6.17. The summed E-state index contributed by atoms with van der Waals surface area (Å²) in [5, 5.41) is 4.04. The molecule has 2 fully saturated rings. The molecular weight excluding hydrogens is 260 g/mol. The maximum atomic E-state index is 6.17. The maximum absolute atomic E-state index is 6.17. The third kappa shape index (κ3) is 3.01. The highest BCUT2D eigenvalue weighted by Gasteiger charge is 2.31. The number of aromatic nitrogens is 2. The molecule has 1 aromatic rings. The van der Waals surface area contributed by atoms with E-state index in [9.17, 15) is 0 Å². The van der Waals surface area contributed by atoms with Gasteiger partial charge in [0.15, 0.2) is 5.82 Å². The van der Waals surface area contributed by atoms with Gasteiger partial charge in [-0.05, 0) is 13.3 Å². The molecule has 20 heavy (non-hydrogen) atoms. The molecule has 112 valence electrons. The normalized spacial score (nSPS) is 29.7. The molecule has 2 aliphatic rings. The van der Waals surface area contributed by atoms with E-state index in [1.54, 1.807) is 0 Å². The highest BCUT2D eigenvalue weighted by molar-refractivity contribution is 5.02. The summed E-state index contributed by atoms with van der Waals surface area (Å²) in [4.78, 5) is 6.74. The first-order valence-electron chi connectivity index (χ1n) is 7.25. The van der Waals surface area contributed by atoms with Crippen molar-refractivity contribution < 1.29 is 14.0 Å². The summed E-state index contributed by atoms with van der Waals surface area (Å²) in [5.74, 6) is 1.44. The SMILES string of the molecule is CC1OCCC1c1nc(C(N)CN2CCOCC2)no1. The standard InChI is InChI=1S/C13H22N4O3/c1-9-10(2-5-19-9)13-15-12(16-20-13)11(14)8-17-3-6-18-7-4-17/h9-11H,2-8,14H2,1H3. The van der Waals surface area contributed by atoms with Crippen molar-refractivity contribution in [1.29, 1.82) is 0 Å². The van der Waals surface area contributed by atoms with E-state index in [1.807, 2.05) is 6.92 Å². The van der Waals surface area contributed by atoms with E-state index in [0.29, 0.717) is 11.7 Å². The second-order valence-corrected chi connectivity index (χ2v) is 5.48. The van der Waals surface area contributed by atoms with Gasteiger partial charge in [0.2, 0.25) is 5.89 Å². The Kier molecular flexibility index (Phi) is 4.30. The van der Waals surface area contributed by atoms with Gasteiger partial charge in [0, 0.05) is 26.2 Å². The Morgan fingerprint density at radius 2 is 2.15 bits per heavy atom. The molecular formula is C13H22N4O3. The number of ether oxygens (including phenoxy) is 2. The molecule has 2 saturated heterocycles. The lowest BCUT2D eigenvalue weighted by molar-refractivity contribution is 0.0348. The molecule has 0 aliphatic carbocycles. The number of nitrogens with zero attached hydrogens (tertiary/aromatic N) is 3. The Morgan fingerprint density at radius 1 is 1.35 bits per heavy atom. The van der Waals surface area contributed by atoms with Crippen molar-refractivity contribution in [2.45, 2.75) is 31.4 Å². The Morgan fingerprint density at radius 3 is 2.85 bits per heavy atom. The summed E-state index contributed by atoms with van der Waals surface area (Å²) in [6, 6.07) is -0.219. The van der Waals surface area contributed by atoms with E-state index in [2.05, 4.69) is 15.0 Å². The highest BCUT2D eigenvalue weighted by Crippen LogP contribution is 2.30. The largest absolute Gasteiger partial charge is 0.379 e. The maximum Gasteiger partial charge on any atom is 0.232 e. The smallest absolute Gasteiger partial charge is 0.232 e. The first-order chi connectivity index (χ1) is 9.74. The van der Waals surface area contributed by atoms with Gasteiger partial charge >= 0.3 is 0 Å². The molecule has 7 nitrogen and oxygen atoms in total. The second-order valence-electron chi connectivity index (χ2n) is 5.48. The zero-order chi connectivity index (χ0) is 13.9. The Bertz CT molecular complexity index is 433. The van der Waals surface area contributed by atoms with E-state index in [-0.39, 0.29) is 18.1 Å². The van der Waals surface area contributed by atoms with Gasteiger partial charge in [0.1, 0.15) is 0 Å². The van der Waals surface area contributed by atoms with Crippen LogP contribution in [-0.2, 0) is 9.47 Å². The lowest BCUT2D eigenvalue weighted by Gasteiger charge is -2.27. The molecule has 0 bridgehead atoms. The topological polar surface area (TPSA) is 86.6 Å². The Balaban J connectivity index is 1.60. The fourth-order valence-corrected chi connectivity index (χ4v) is 2.75. The summed E-state index contributed by atoms with van der Waals surface area (Å²) in [7, 11) is 0. The molecule has 7 heteroatoms. The van der Waals surface area contributed by atoms with Crippen LogP contribution in [0.1, 0.15) is 37.0 Å². The van der Waals surface area contributed by atoms with Crippen LogP contribution in [0.15, 0.2) is 4.52 Å². The molecule has 3 unspecified atom stereocenters. The number of hydrogen-bond donors (Lipinski definition) is 1. The summed E-state index contributed by atoms with van der Waals surface area (Å²) in [6.07, 6.45) is 1.07. The molecule has 2 N–H and O–H groups in total. The van der Waals surface area contributed by atoms with Crippen LogP contribution in [0, 0.1) is 0 Å². The fourth-order valence-electron chi connectivity index (χ4n) is 2.75. The van der Waals surface area contributed by atoms with Crippen LogP contribution in [0.5, 0.6) is 0 Å². The lowest BCUT2D eigenvalue weighted by atomic mass is 10.0. The van der Waals surface area contributed by atoms with Gasteiger partial charge in [-0.15, -0.1) is 0 Å². The van der Waals surface area contributed by atoms with E-state index < -0.39 is 0 Å². The van der Waals surface area contributed by atoms with Crippen LogP contribution in [-0.4, -0.2) is 60.6 Å². The van der Waals surface area contributed by atoms with E-state index >= 15 is 0 Å². The fraction of sp³-hybridized carbons (Fsp3) is 0.846. The van der Waals surface area contributed by atoms with Crippen molar-refractivity contribution in [3.8, 4) is 0 Å². The van der Waals surface area contributed by atoms with Crippen molar-refractivity contribution >= 4 is 0 Å². The van der Waals surface area contributed by atoms with Gasteiger partial charge in [0.25, 0.3) is 0 Å². The Labute approximate surface area is 118 Å². The molecule has 3 heterocycles. The van der Waals surface area contributed by atoms with Gasteiger partial charge in [-0.2, -0.15) is 4.98 Å². The van der Waals surface area contributed by atoms with Crippen molar-refractivity contribution in [2.75, 3.05) is 39.5 Å². The van der Waals surface area contributed by atoms with Crippen LogP contribution in [0.2, 0.25) is 0 Å². The minimum atomic E-state index is -0.219. The highest BCUT2D eigenvalue weighted by atomic mass is 16.5. The zero-order valence-electron chi connectivity index (χ0n) is 11.8. The molecule has 0 saturated carbocycles.